The first-order valence-electron chi connectivity index (χ1n) is 7.28. The van der Waals surface area contributed by atoms with Crippen LogP contribution in [0.5, 0.6) is 0 Å². The summed E-state index contributed by atoms with van der Waals surface area (Å²) in [6.07, 6.45) is 3.71. The van der Waals surface area contributed by atoms with Crippen LogP contribution in [0.1, 0.15) is 44.5 Å². The van der Waals surface area contributed by atoms with Gasteiger partial charge < -0.3 is 5.73 Å². The third-order valence-corrected chi connectivity index (χ3v) is 4.56. The summed E-state index contributed by atoms with van der Waals surface area (Å²) in [4.78, 5) is 6.97. The van der Waals surface area contributed by atoms with E-state index in [-0.39, 0.29) is 11.5 Å². The number of pyridine rings is 1. The zero-order chi connectivity index (χ0) is 14.0. The second-order valence-electron chi connectivity index (χ2n) is 6.66. The molecule has 1 fully saturated rings. The van der Waals surface area contributed by atoms with E-state index in [0.29, 0.717) is 6.04 Å². The number of aromatic nitrogens is 1. The van der Waals surface area contributed by atoms with Crippen LogP contribution in [0.4, 0.5) is 0 Å². The molecule has 2 unspecified atom stereocenters. The van der Waals surface area contributed by atoms with Gasteiger partial charge in [-0.25, -0.2) is 0 Å². The van der Waals surface area contributed by atoms with Crippen LogP contribution in [0.3, 0.4) is 0 Å². The lowest BCUT2D eigenvalue weighted by molar-refractivity contribution is 0.0797. The number of nitrogens with two attached hydrogens (primary N) is 1. The molecule has 0 bridgehead atoms. The summed E-state index contributed by atoms with van der Waals surface area (Å²) in [5.41, 5.74) is 8.95. The molecule has 2 N–H and O–H groups in total. The summed E-state index contributed by atoms with van der Waals surface area (Å²) in [5.74, 6) is 0. The summed E-state index contributed by atoms with van der Waals surface area (Å²) in [6, 6.07) is 6.93. The Morgan fingerprint density at radius 2 is 2.16 bits per heavy atom. The number of nitrogens with zero attached hydrogens (tertiary/aromatic N) is 2. The highest BCUT2D eigenvalue weighted by atomic mass is 15.2. The third-order valence-electron chi connectivity index (χ3n) is 4.56. The van der Waals surface area contributed by atoms with E-state index in [2.05, 4.69) is 42.9 Å². The molecule has 19 heavy (non-hydrogen) atoms. The monoisotopic (exact) mass is 261 g/mol. The molecule has 1 saturated carbocycles. The summed E-state index contributed by atoms with van der Waals surface area (Å²) in [6.45, 7) is 7.51. The van der Waals surface area contributed by atoms with Gasteiger partial charge in [0.15, 0.2) is 0 Å². The SMILES string of the molecule is Cc1cccc(CN(C)C2CCCC(C)(C)C2N)n1. The Balaban J connectivity index is 2.05. The lowest BCUT2D eigenvalue weighted by atomic mass is 9.71. The largest absolute Gasteiger partial charge is 0.326 e. The van der Waals surface area contributed by atoms with Crippen LogP contribution in [-0.4, -0.2) is 29.0 Å². The van der Waals surface area contributed by atoms with E-state index >= 15 is 0 Å². The van der Waals surface area contributed by atoms with E-state index < -0.39 is 0 Å². The van der Waals surface area contributed by atoms with Gasteiger partial charge in [0.1, 0.15) is 0 Å². The van der Waals surface area contributed by atoms with E-state index in [1.807, 2.05) is 13.0 Å². The molecule has 2 atom stereocenters. The molecule has 0 aromatic carbocycles. The van der Waals surface area contributed by atoms with Crippen LogP contribution in [0.2, 0.25) is 0 Å². The minimum atomic E-state index is 0.246. The van der Waals surface area contributed by atoms with Crippen LogP contribution in [0.25, 0.3) is 0 Å². The smallest absolute Gasteiger partial charge is 0.0547 e. The van der Waals surface area contributed by atoms with E-state index in [9.17, 15) is 0 Å². The summed E-state index contributed by atoms with van der Waals surface area (Å²) >= 11 is 0. The van der Waals surface area contributed by atoms with Gasteiger partial charge in [-0.15, -0.1) is 0 Å². The van der Waals surface area contributed by atoms with Crippen molar-refractivity contribution in [3.05, 3.63) is 29.6 Å². The van der Waals surface area contributed by atoms with Crippen molar-refractivity contribution in [3.8, 4) is 0 Å². The molecule has 0 aliphatic heterocycles. The first kappa shape index (κ1) is 14.5. The minimum Gasteiger partial charge on any atom is -0.326 e. The van der Waals surface area contributed by atoms with Crippen LogP contribution in [0.15, 0.2) is 18.2 Å². The van der Waals surface area contributed by atoms with Gasteiger partial charge >= 0.3 is 0 Å². The fraction of sp³-hybridized carbons (Fsp3) is 0.688. The lowest BCUT2D eigenvalue weighted by Crippen LogP contribution is -2.55. The van der Waals surface area contributed by atoms with Crippen molar-refractivity contribution in [2.75, 3.05) is 7.05 Å². The van der Waals surface area contributed by atoms with E-state index in [4.69, 9.17) is 5.73 Å². The second kappa shape index (κ2) is 5.59. The molecule has 3 nitrogen and oxygen atoms in total. The minimum absolute atomic E-state index is 0.246. The normalized spacial score (nSPS) is 26.6. The average Bonchev–Trinajstić information content (AvgIpc) is 2.32. The van der Waals surface area contributed by atoms with Crippen molar-refractivity contribution >= 4 is 0 Å². The average molecular weight is 261 g/mol. The fourth-order valence-corrected chi connectivity index (χ4v) is 3.19. The molecule has 3 heteroatoms. The van der Waals surface area contributed by atoms with Gasteiger partial charge in [0, 0.05) is 24.3 Å². The molecule has 0 radical (unpaired) electrons. The third kappa shape index (κ3) is 3.34. The summed E-state index contributed by atoms with van der Waals surface area (Å²) in [5, 5.41) is 0. The molecule has 106 valence electrons. The molecule has 1 aromatic rings. The Morgan fingerprint density at radius 3 is 2.84 bits per heavy atom. The summed E-state index contributed by atoms with van der Waals surface area (Å²) in [7, 11) is 2.18. The Kier molecular flexibility index (Phi) is 4.26. The maximum Gasteiger partial charge on any atom is 0.0547 e. The van der Waals surface area contributed by atoms with Crippen LogP contribution < -0.4 is 5.73 Å². The van der Waals surface area contributed by atoms with Gasteiger partial charge in [-0.05, 0) is 44.4 Å². The Morgan fingerprint density at radius 1 is 1.42 bits per heavy atom. The molecule has 0 spiro atoms. The fourth-order valence-electron chi connectivity index (χ4n) is 3.19. The van der Waals surface area contributed by atoms with Crippen molar-refractivity contribution in [2.45, 2.75) is 58.7 Å². The zero-order valence-electron chi connectivity index (χ0n) is 12.7. The van der Waals surface area contributed by atoms with E-state index in [1.54, 1.807) is 0 Å². The van der Waals surface area contributed by atoms with Crippen molar-refractivity contribution in [1.29, 1.82) is 0 Å². The highest BCUT2D eigenvalue weighted by molar-refractivity contribution is 5.10. The maximum atomic E-state index is 6.48. The van der Waals surface area contributed by atoms with Crippen molar-refractivity contribution in [3.63, 3.8) is 0 Å². The molecule has 1 aromatic heterocycles. The van der Waals surface area contributed by atoms with Crippen molar-refractivity contribution in [2.24, 2.45) is 11.1 Å². The predicted molar refractivity (Wildman–Crippen MR) is 79.8 cm³/mol. The van der Waals surface area contributed by atoms with Crippen LogP contribution in [0, 0.1) is 12.3 Å². The highest BCUT2D eigenvalue weighted by Gasteiger charge is 2.38. The number of hydrogen-bond acceptors (Lipinski definition) is 3. The maximum absolute atomic E-state index is 6.48. The van der Waals surface area contributed by atoms with Gasteiger partial charge in [-0.1, -0.05) is 26.3 Å². The topological polar surface area (TPSA) is 42.1 Å². The van der Waals surface area contributed by atoms with Crippen molar-refractivity contribution in [1.82, 2.24) is 9.88 Å². The molecular formula is C16H27N3. The molecular weight excluding hydrogens is 234 g/mol. The number of aryl methyl sites for hydroxylation is 1. The molecule has 1 heterocycles. The van der Waals surface area contributed by atoms with E-state index in [0.717, 1.165) is 17.9 Å². The second-order valence-corrected chi connectivity index (χ2v) is 6.66. The van der Waals surface area contributed by atoms with E-state index in [1.165, 1.54) is 19.3 Å². The first-order chi connectivity index (χ1) is 8.90. The lowest BCUT2D eigenvalue weighted by Gasteiger charge is -2.45. The number of hydrogen-bond donors (Lipinski definition) is 1. The molecule has 0 amide bonds. The zero-order valence-corrected chi connectivity index (χ0v) is 12.7. The number of likely N-dealkylation sites (N-methyl/N-ethyl adjacent to an activating group) is 1. The van der Waals surface area contributed by atoms with Gasteiger partial charge in [0.2, 0.25) is 0 Å². The highest BCUT2D eigenvalue weighted by Crippen LogP contribution is 2.36. The van der Waals surface area contributed by atoms with Gasteiger partial charge in [0.25, 0.3) is 0 Å². The van der Waals surface area contributed by atoms with Gasteiger partial charge in [0.05, 0.1) is 5.69 Å². The Hall–Kier alpha value is -0.930. The Bertz CT molecular complexity index is 428. The Labute approximate surface area is 117 Å². The molecule has 0 saturated heterocycles. The molecule has 1 aliphatic rings. The number of rotatable bonds is 3. The first-order valence-corrected chi connectivity index (χ1v) is 7.28. The standard InChI is InChI=1S/C16H27N3/c1-12-7-5-8-13(18-12)11-19(4)14-9-6-10-16(2,3)15(14)17/h5,7-8,14-15H,6,9-11,17H2,1-4H3. The molecule has 2 rings (SSSR count). The van der Waals surface area contributed by atoms with Gasteiger partial charge in [-0.2, -0.15) is 0 Å². The predicted octanol–water partition coefficient (Wildman–Crippen LogP) is 2.73. The summed E-state index contributed by atoms with van der Waals surface area (Å²) < 4.78 is 0. The van der Waals surface area contributed by atoms with Crippen LogP contribution >= 0.6 is 0 Å². The quantitative estimate of drug-likeness (QED) is 0.909. The van der Waals surface area contributed by atoms with Crippen LogP contribution in [-0.2, 0) is 6.54 Å². The van der Waals surface area contributed by atoms with Gasteiger partial charge in [-0.3, -0.25) is 9.88 Å². The molecule has 1 aliphatic carbocycles. The van der Waals surface area contributed by atoms with Crippen molar-refractivity contribution < 1.29 is 0 Å².